The highest BCUT2D eigenvalue weighted by Gasteiger charge is 2.48. The van der Waals surface area contributed by atoms with Crippen molar-refractivity contribution >= 4 is 20.1 Å². The first-order chi connectivity index (χ1) is 11.5. The number of carbonyl (C=O) groups is 2. The maximum atomic E-state index is 13.0. The van der Waals surface area contributed by atoms with Crippen molar-refractivity contribution in [3.8, 4) is 0 Å². The van der Waals surface area contributed by atoms with E-state index in [9.17, 15) is 9.59 Å². The number of ketones is 1. The van der Waals surface area contributed by atoms with E-state index < -0.39 is 31.2 Å². The van der Waals surface area contributed by atoms with Gasteiger partial charge in [-0.2, -0.15) is 0 Å². The molecule has 0 heterocycles. The van der Waals surface area contributed by atoms with Crippen molar-refractivity contribution in [2.24, 2.45) is 11.3 Å². The van der Waals surface area contributed by atoms with Crippen LogP contribution in [0.15, 0.2) is 12.7 Å². The van der Waals surface area contributed by atoms with E-state index >= 15 is 0 Å². The van der Waals surface area contributed by atoms with E-state index in [4.69, 9.17) is 9.16 Å². The molecule has 3 atom stereocenters. The quantitative estimate of drug-likeness (QED) is 0.218. The topological polar surface area (TPSA) is 52.6 Å². The Bertz CT molecular complexity index is 553. The molecule has 0 aliphatic heterocycles. The van der Waals surface area contributed by atoms with E-state index in [2.05, 4.69) is 40.4 Å². The molecule has 1 rings (SSSR count). The molecule has 1 saturated carbocycles. The summed E-state index contributed by atoms with van der Waals surface area (Å²) in [6.45, 7) is 22.3. The number of allylic oxidation sites excluding steroid dienone is 1. The normalized spacial score (nSPS) is 28.4. The molecule has 4 nitrogen and oxygen atoms in total. The number of hydrogen-bond donors (Lipinski definition) is 0. The van der Waals surface area contributed by atoms with Gasteiger partial charge in [0.1, 0.15) is 11.5 Å². The van der Waals surface area contributed by atoms with E-state index in [1.165, 1.54) is 0 Å². The lowest BCUT2D eigenvalue weighted by molar-refractivity contribution is -0.165. The van der Waals surface area contributed by atoms with Crippen molar-refractivity contribution in [1.29, 1.82) is 0 Å². The molecular weight excluding hydrogens is 344 g/mol. The molecular formula is C21H38O4Si. The maximum Gasteiger partial charge on any atom is 0.317 e. The van der Waals surface area contributed by atoms with Gasteiger partial charge in [0.15, 0.2) is 14.1 Å². The summed E-state index contributed by atoms with van der Waals surface area (Å²) in [4.78, 5) is 25.8. The van der Waals surface area contributed by atoms with Gasteiger partial charge in [-0.15, -0.1) is 6.58 Å². The van der Waals surface area contributed by atoms with Gasteiger partial charge in [0.25, 0.3) is 0 Å². The third-order valence-corrected chi connectivity index (χ3v) is 10.3. The van der Waals surface area contributed by atoms with Crippen LogP contribution >= 0.6 is 0 Å². The summed E-state index contributed by atoms with van der Waals surface area (Å²) >= 11 is 0. The molecule has 0 N–H and O–H groups in total. The van der Waals surface area contributed by atoms with Crippen LogP contribution in [0, 0.1) is 11.3 Å². The maximum absolute atomic E-state index is 13.0. The lowest BCUT2D eigenvalue weighted by Crippen LogP contribution is -2.44. The highest BCUT2D eigenvalue weighted by atomic mass is 28.4. The molecule has 5 heteroatoms. The Morgan fingerprint density at radius 3 is 2.19 bits per heavy atom. The van der Waals surface area contributed by atoms with Gasteiger partial charge >= 0.3 is 5.97 Å². The largest absolute Gasteiger partial charge is 0.459 e. The SMILES string of the molecule is C=CC1(C)CCC(O[Si](C)(C)C(C)(C)C)CC(=O)C1C(=O)OC(C)(C)C. The summed E-state index contributed by atoms with van der Waals surface area (Å²) in [5, 5.41) is 0.0780. The lowest BCUT2D eigenvalue weighted by atomic mass is 9.73. The first-order valence-electron chi connectivity index (χ1n) is 9.59. The number of esters is 1. The van der Waals surface area contributed by atoms with Crippen LogP contribution < -0.4 is 0 Å². The monoisotopic (exact) mass is 382 g/mol. The van der Waals surface area contributed by atoms with E-state index in [1.54, 1.807) is 6.08 Å². The van der Waals surface area contributed by atoms with E-state index in [0.29, 0.717) is 6.42 Å². The van der Waals surface area contributed by atoms with Crippen LogP contribution in [0.3, 0.4) is 0 Å². The van der Waals surface area contributed by atoms with Gasteiger partial charge in [0, 0.05) is 11.8 Å². The molecule has 0 spiro atoms. The number of carbonyl (C=O) groups excluding carboxylic acids is 2. The molecule has 0 saturated heterocycles. The molecule has 1 aliphatic carbocycles. The minimum absolute atomic E-state index is 0.0780. The molecule has 3 unspecified atom stereocenters. The zero-order valence-electron chi connectivity index (χ0n) is 18.2. The Morgan fingerprint density at radius 1 is 1.23 bits per heavy atom. The Kier molecular flexibility index (Phi) is 6.74. The molecule has 0 amide bonds. The molecule has 0 bridgehead atoms. The fourth-order valence-corrected chi connectivity index (χ4v) is 4.49. The molecule has 1 aliphatic rings. The van der Waals surface area contributed by atoms with Gasteiger partial charge in [0.2, 0.25) is 0 Å². The standard InChI is InChI=1S/C21H38O4Si/c1-11-21(8)13-12-15(25-26(9,10)20(5,6)7)14-16(22)17(21)18(23)24-19(2,3)4/h11,15,17H,1,12-14H2,2-10H3. The predicted molar refractivity (Wildman–Crippen MR) is 109 cm³/mol. The fourth-order valence-electron chi connectivity index (χ4n) is 3.10. The van der Waals surface area contributed by atoms with Gasteiger partial charge < -0.3 is 9.16 Å². The van der Waals surface area contributed by atoms with E-state index in [-0.39, 0.29) is 23.3 Å². The Morgan fingerprint density at radius 2 is 1.77 bits per heavy atom. The van der Waals surface area contributed by atoms with E-state index in [1.807, 2.05) is 27.7 Å². The summed E-state index contributed by atoms with van der Waals surface area (Å²) in [5.74, 6) is -1.35. The molecule has 26 heavy (non-hydrogen) atoms. The predicted octanol–water partition coefficient (Wildman–Crippen LogP) is 5.28. The number of rotatable bonds is 4. The van der Waals surface area contributed by atoms with Crippen LogP contribution in [0.1, 0.15) is 67.7 Å². The second kappa shape index (κ2) is 7.59. The highest BCUT2D eigenvalue weighted by molar-refractivity contribution is 6.74. The molecule has 0 aromatic rings. The first-order valence-corrected chi connectivity index (χ1v) is 12.5. The van der Waals surface area contributed by atoms with Gasteiger partial charge in [-0.1, -0.05) is 33.8 Å². The highest BCUT2D eigenvalue weighted by Crippen LogP contribution is 2.43. The van der Waals surface area contributed by atoms with Crippen LogP contribution in [-0.2, 0) is 18.8 Å². The van der Waals surface area contributed by atoms with Gasteiger partial charge in [-0.25, -0.2) is 0 Å². The van der Waals surface area contributed by atoms with Crippen molar-refractivity contribution in [3.05, 3.63) is 12.7 Å². The van der Waals surface area contributed by atoms with Crippen molar-refractivity contribution in [2.75, 3.05) is 0 Å². The van der Waals surface area contributed by atoms with Crippen LogP contribution in [0.4, 0.5) is 0 Å². The van der Waals surface area contributed by atoms with Gasteiger partial charge in [0.05, 0.1) is 6.10 Å². The van der Waals surface area contributed by atoms with Crippen LogP contribution in [0.2, 0.25) is 18.1 Å². The number of hydrogen-bond acceptors (Lipinski definition) is 4. The summed E-state index contributed by atoms with van der Waals surface area (Å²) < 4.78 is 12.0. The van der Waals surface area contributed by atoms with Crippen molar-refractivity contribution in [2.45, 2.75) is 97.6 Å². The smallest absolute Gasteiger partial charge is 0.317 e. The number of ether oxygens (including phenoxy) is 1. The zero-order valence-corrected chi connectivity index (χ0v) is 19.2. The average Bonchev–Trinajstić information content (AvgIpc) is 2.52. The first kappa shape index (κ1) is 23.1. The summed E-state index contributed by atoms with van der Waals surface area (Å²) in [6.07, 6.45) is 3.30. The van der Waals surface area contributed by atoms with E-state index in [0.717, 1.165) is 6.42 Å². The molecule has 1 fully saturated rings. The third kappa shape index (κ3) is 5.53. The fraction of sp³-hybridized carbons (Fsp3) is 0.810. The Labute approximate surface area is 160 Å². The van der Waals surface area contributed by atoms with Crippen LogP contribution in [-0.4, -0.2) is 31.8 Å². The molecule has 0 aromatic heterocycles. The van der Waals surface area contributed by atoms with Crippen molar-refractivity contribution < 1.29 is 18.8 Å². The van der Waals surface area contributed by atoms with Crippen LogP contribution in [0.25, 0.3) is 0 Å². The summed E-state index contributed by atoms with van der Waals surface area (Å²) in [6, 6.07) is 0. The summed E-state index contributed by atoms with van der Waals surface area (Å²) in [5.41, 5.74) is -1.23. The number of Topliss-reactive ketones (excluding diaryl/α,β-unsaturated/α-hetero) is 1. The molecule has 150 valence electrons. The van der Waals surface area contributed by atoms with Crippen LogP contribution in [0.5, 0.6) is 0 Å². The van der Waals surface area contributed by atoms with Crippen molar-refractivity contribution in [3.63, 3.8) is 0 Å². The second-order valence-corrected chi connectivity index (χ2v) is 15.1. The van der Waals surface area contributed by atoms with Gasteiger partial charge in [-0.05, 0) is 51.7 Å². The lowest BCUT2D eigenvalue weighted by Gasteiger charge is -2.39. The molecule has 0 radical (unpaired) electrons. The molecule has 0 aromatic carbocycles. The minimum atomic E-state index is -1.98. The third-order valence-electron chi connectivity index (χ3n) is 5.79. The van der Waals surface area contributed by atoms with Gasteiger partial charge in [-0.3, -0.25) is 9.59 Å². The summed E-state index contributed by atoms with van der Waals surface area (Å²) in [7, 11) is -1.98. The Balaban J connectivity index is 3.09. The zero-order chi connectivity index (χ0) is 20.6. The van der Waals surface area contributed by atoms with Crippen molar-refractivity contribution in [1.82, 2.24) is 0 Å². The average molecular weight is 383 g/mol. The second-order valence-electron chi connectivity index (χ2n) is 10.4. The Hall–Kier alpha value is -0.943. The minimum Gasteiger partial charge on any atom is -0.459 e.